The lowest BCUT2D eigenvalue weighted by atomic mass is 10.2. The quantitative estimate of drug-likeness (QED) is 0.559. The van der Waals surface area contributed by atoms with Crippen LogP contribution in [0.4, 0.5) is 11.4 Å². The summed E-state index contributed by atoms with van der Waals surface area (Å²) in [4.78, 5) is 37.7. The van der Waals surface area contributed by atoms with Gasteiger partial charge in [-0.15, -0.1) is 0 Å². The van der Waals surface area contributed by atoms with Crippen LogP contribution in [0.25, 0.3) is 0 Å². The van der Waals surface area contributed by atoms with E-state index in [2.05, 4.69) is 25.0 Å². The lowest BCUT2D eigenvalue weighted by Crippen LogP contribution is -2.31. The second-order valence-corrected chi connectivity index (χ2v) is 5.77. The van der Waals surface area contributed by atoms with E-state index < -0.39 is 11.9 Å². The summed E-state index contributed by atoms with van der Waals surface area (Å²) in [5.74, 6) is -1.57. The van der Waals surface area contributed by atoms with Gasteiger partial charge in [0.15, 0.2) is 0 Å². The maximum atomic E-state index is 12.3. The molecular formula is C18H23N3O5. The van der Waals surface area contributed by atoms with Gasteiger partial charge in [0.1, 0.15) is 5.70 Å². The molecule has 1 fully saturated rings. The largest absolute Gasteiger partial charge is 0.466 e. The van der Waals surface area contributed by atoms with Crippen molar-refractivity contribution in [2.24, 2.45) is 0 Å². The number of carbonyl (C=O) groups excluding carboxylic acids is 3. The molecule has 8 heteroatoms. The molecule has 2 N–H and O–H groups in total. The number of hydrogen-bond donors (Lipinski definition) is 2. The highest BCUT2D eigenvalue weighted by atomic mass is 16.5. The van der Waals surface area contributed by atoms with E-state index in [-0.39, 0.29) is 11.6 Å². The SMILES string of the molecule is COC(=O)/C=C(/Nc1ccccc1NC(=O)CN1CCCC1)C(=O)OC. The van der Waals surface area contributed by atoms with Crippen LogP contribution in [0.15, 0.2) is 36.0 Å². The number of esters is 2. The number of likely N-dealkylation sites (tertiary alicyclic amines) is 1. The summed E-state index contributed by atoms with van der Waals surface area (Å²) < 4.78 is 9.21. The molecule has 0 aliphatic carbocycles. The molecule has 2 rings (SSSR count). The van der Waals surface area contributed by atoms with Crippen molar-refractivity contribution in [1.82, 2.24) is 4.90 Å². The molecule has 0 atom stereocenters. The van der Waals surface area contributed by atoms with Crippen LogP contribution in [0.5, 0.6) is 0 Å². The summed E-state index contributed by atoms with van der Waals surface area (Å²) in [5, 5.41) is 5.65. The van der Waals surface area contributed by atoms with Crippen LogP contribution in [0.2, 0.25) is 0 Å². The molecule has 26 heavy (non-hydrogen) atoms. The number of anilines is 2. The zero-order chi connectivity index (χ0) is 18.9. The van der Waals surface area contributed by atoms with Gasteiger partial charge in [-0.2, -0.15) is 0 Å². The smallest absolute Gasteiger partial charge is 0.354 e. The minimum atomic E-state index is -0.728. The van der Waals surface area contributed by atoms with E-state index >= 15 is 0 Å². The third-order valence-electron chi connectivity index (χ3n) is 3.91. The summed E-state index contributed by atoms with van der Waals surface area (Å²) in [6.45, 7) is 2.15. The molecule has 1 aliphatic rings. The van der Waals surface area contributed by atoms with Gasteiger partial charge in [0.05, 0.1) is 38.2 Å². The normalized spacial score (nSPS) is 14.6. The highest BCUT2D eigenvalue weighted by molar-refractivity contribution is 6.01. The molecule has 1 aliphatic heterocycles. The molecule has 1 aromatic carbocycles. The van der Waals surface area contributed by atoms with Gasteiger partial charge >= 0.3 is 11.9 Å². The topological polar surface area (TPSA) is 97.0 Å². The average Bonchev–Trinajstić information content (AvgIpc) is 3.14. The van der Waals surface area contributed by atoms with Gasteiger partial charge < -0.3 is 20.1 Å². The Morgan fingerprint density at radius 3 is 2.23 bits per heavy atom. The highest BCUT2D eigenvalue weighted by Gasteiger charge is 2.17. The molecule has 0 bridgehead atoms. The van der Waals surface area contributed by atoms with Gasteiger partial charge in [0, 0.05) is 0 Å². The molecule has 0 radical (unpaired) electrons. The Balaban J connectivity index is 2.13. The van der Waals surface area contributed by atoms with Gasteiger partial charge in [0.25, 0.3) is 0 Å². The predicted octanol–water partition coefficient (Wildman–Crippen LogP) is 1.36. The van der Waals surface area contributed by atoms with Crippen LogP contribution >= 0.6 is 0 Å². The van der Waals surface area contributed by atoms with Crippen molar-refractivity contribution in [1.29, 1.82) is 0 Å². The van der Waals surface area contributed by atoms with E-state index in [1.165, 1.54) is 14.2 Å². The highest BCUT2D eigenvalue weighted by Crippen LogP contribution is 2.23. The zero-order valence-electron chi connectivity index (χ0n) is 14.9. The van der Waals surface area contributed by atoms with E-state index in [9.17, 15) is 14.4 Å². The second kappa shape index (κ2) is 9.57. The van der Waals surface area contributed by atoms with Gasteiger partial charge in [-0.25, -0.2) is 9.59 Å². The van der Waals surface area contributed by atoms with Crippen LogP contribution in [0, 0.1) is 0 Å². The number of benzene rings is 1. The number of ether oxygens (including phenoxy) is 2. The number of methoxy groups -OCH3 is 2. The summed E-state index contributed by atoms with van der Waals surface area (Å²) in [5.41, 5.74) is 0.861. The van der Waals surface area contributed by atoms with Gasteiger partial charge in [-0.3, -0.25) is 9.69 Å². The summed E-state index contributed by atoms with van der Waals surface area (Å²) in [7, 11) is 2.42. The third-order valence-corrected chi connectivity index (χ3v) is 3.91. The molecular weight excluding hydrogens is 338 g/mol. The number of hydrogen-bond acceptors (Lipinski definition) is 7. The van der Waals surface area contributed by atoms with E-state index in [0.29, 0.717) is 17.9 Å². The van der Waals surface area contributed by atoms with Crippen LogP contribution in [-0.2, 0) is 23.9 Å². The standard InChI is InChI=1S/C18H23N3O5/c1-25-17(23)11-15(18(24)26-2)19-13-7-3-4-8-14(13)20-16(22)12-21-9-5-6-10-21/h3-4,7-8,11,19H,5-6,9-10,12H2,1-2H3,(H,20,22)/b15-11+. The Hall–Kier alpha value is -2.87. The molecule has 1 saturated heterocycles. The minimum Gasteiger partial charge on any atom is -0.466 e. The van der Waals surface area contributed by atoms with E-state index in [4.69, 9.17) is 0 Å². The Bertz CT molecular complexity index is 696. The van der Waals surface area contributed by atoms with Crippen LogP contribution in [0.3, 0.4) is 0 Å². The van der Waals surface area contributed by atoms with Crippen LogP contribution in [-0.4, -0.2) is 56.6 Å². The number of para-hydroxylation sites is 2. The maximum Gasteiger partial charge on any atom is 0.354 e. The number of nitrogens with zero attached hydrogens (tertiary/aromatic N) is 1. The molecule has 140 valence electrons. The molecule has 1 aromatic rings. The minimum absolute atomic E-state index is 0.0967. The number of carbonyl (C=O) groups is 3. The molecule has 8 nitrogen and oxygen atoms in total. The van der Waals surface area contributed by atoms with Crippen molar-refractivity contribution in [2.45, 2.75) is 12.8 Å². The second-order valence-electron chi connectivity index (χ2n) is 5.77. The molecule has 0 aromatic heterocycles. The Labute approximate surface area is 152 Å². The number of rotatable bonds is 7. The fourth-order valence-corrected chi connectivity index (χ4v) is 2.61. The third kappa shape index (κ3) is 5.59. The number of amides is 1. The van der Waals surface area contributed by atoms with Crippen molar-refractivity contribution >= 4 is 29.2 Å². The predicted molar refractivity (Wildman–Crippen MR) is 96.5 cm³/mol. The summed E-state index contributed by atoms with van der Waals surface area (Å²) in [6, 6.07) is 6.89. The first-order valence-electron chi connectivity index (χ1n) is 8.29. The fourth-order valence-electron chi connectivity index (χ4n) is 2.61. The number of nitrogens with one attached hydrogen (secondary N) is 2. The molecule has 0 spiro atoms. The lowest BCUT2D eigenvalue weighted by molar-refractivity contribution is -0.138. The lowest BCUT2D eigenvalue weighted by Gasteiger charge is -2.17. The van der Waals surface area contributed by atoms with Crippen molar-refractivity contribution in [3.05, 3.63) is 36.0 Å². The summed E-state index contributed by atoms with van der Waals surface area (Å²) >= 11 is 0. The van der Waals surface area contributed by atoms with Crippen molar-refractivity contribution < 1.29 is 23.9 Å². The first-order chi connectivity index (χ1) is 12.5. The van der Waals surface area contributed by atoms with Crippen LogP contribution in [0.1, 0.15) is 12.8 Å². The Kier molecular flexibility index (Phi) is 7.16. The van der Waals surface area contributed by atoms with Gasteiger partial charge in [0.2, 0.25) is 5.91 Å². The fraction of sp³-hybridized carbons (Fsp3) is 0.389. The average molecular weight is 361 g/mol. The Morgan fingerprint density at radius 1 is 1.04 bits per heavy atom. The summed E-state index contributed by atoms with van der Waals surface area (Å²) in [6.07, 6.45) is 3.20. The van der Waals surface area contributed by atoms with E-state index in [0.717, 1.165) is 32.0 Å². The van der Waals surface area contributed by atoms with Gasteiger partial charge in [-0.1, -0.05) is 12.1 Å². The Morgan fingerprint density at radius 2 is 1.65 bits per heavy atom. The maximum absolute atomic E-state index is 12.3. The molecule has 0 saturated carbocycles. The van der Waals surface area contributed by atoms with E-state index in [1.54, 1.807) is 24.3 Å². The molecule has 1 amide bonds. The monoisotopic (exact) mass is 361 g/mol. The molecule has 1 heterocycles. The van der Waals surface area contributed by atoms with Crippen molar-refractivity contribution in [3.8, 4) is 0 Å². The van der Waals surface area contributed by atoms with Crippen molar-refractivity contribution in [2.75, 3.05) is 44.5 Å². The van der Waals surface area contributed by atoms with Crippen LogP contribution < -0.4 is 10.6 Å². The van der Waals surface area contributed by atoms with Crippen molar-refractivity contribution in [3.63, 3.8) is 0 Å². The molecule has 0 unspecified atom stereocenters. The first-order valence-corrected chi connectivity index (χ1v) is 8.29. The van der Waals surface area contributed by atoms with Gasteiger partial charge in [-0.05, 0) is 38.1 Å². The zero-order valence-corrected chi connectivity index (χ0v) is 14.9. The first kappa shape index (κ1) is 19.5. The van der Waals surface area contributed by atoms with E-state index in [1.807, 2.05) is 0 Å².